The fourth-order valence-electron chi connectivity index (χ4n) is 4.64. The lowest BCUT2D eigenvalue weighted by Gasteiger charge is -2.41. The molecule has 5 heterocycles. The number of anilines is 1. The van der Waals surface area contributed by atoms with Crippen LogP contribution < -0.4 is 20.7 Å². The van der Waals surface area contributed by atoms with E-state index in [2.05, 4.69) is 20.5 Å². The second kappa shape index (κ2) is 8.41. The van der Waals surface area contributed by atoms with E-state index in [1.54, 1.807) is 23.2 Å². The normalized spacial score (nSPS) is 24.0. The molecule has 3 atom stereocenters. The number of amides is 3. The van der Waals surface area contributed by atoms with Crippen LogP contribution >= 0.6 is 0 Å². The molecule has 0 aromatic carbocycles. The molecule has 3 N–H and O–H groups in total. The van der Waals surface area contributed by atoms with Crippen molar-refractivity contribution in [2.45, 2.75) is 50.5 Å². The number of carbonyl (C=O) groups excluding carboxylic acids is 2. The fraction of sp³-hybridized carbons (Fsp3) is 0.500. The largest absolute Gasteiger partial charge is 0.492 e. The number of urea groups is 1. The summed E-state index contributed by atoms with van der Waals surface area (Å²) in [4.78, 5) is 33.8. The van der Waals surface area contributed by atoms with Crippen molar-refractivity contribution in [1.29, 1.82) is 0 Å². The summed E-state index contributed by atoms with van der Waals surface area (Å²) in [5, 5.41) is 7.79. The maximum absolute atomic E-state index is 13.3. The number of hydrogen-bond acceptors (Lipinski definition) is 6. The summed E-state index contributed by atoms with van der Waals surface area (Å²) in [5.74, 6) is 0.670. The Hall–Kier alpha value is -3.44. The zero-order chi connectivity index (χ0) is 24.0. The number of allylic oxidation sites excluding steroid dienone is 1. The van der Waals surface area contributed by atoms with Crippen LogP contribution in [0.15, 0.2) is 35.9 Å². The molecule has 12 heteroatoms. The van der Waals surface area contributed by atoms with E-state index in [0.717, 1.165) is 44.0 Å². The Bertz CT molecular complexity index is 1070. The standard InChI is InChI=1S/C22H25F3N6O3/c1-12(22(23,24)25)27-20(32)15-4-5-16-19(28-15)31(14-6-7-30(16)11-14)21(33)29-18-9-13-3-2-8-34-17(13)10-26-18/h4-5,9-10,12,14-15,28H,2-3,6-8,11H2,1H3,(H,27,32)(H,26,29,33)/t12-,14+,15?/m1/s1. The topological polar surface area (TPSA) is 98.8 Å². The number of carbonyl (C=O) groups is 2. The number of rotatable bonds is 3. The van der Waals surface area contributed by atoms with Gasteiger partial charge in [-0.05, 0) is 43.9 Å². The third kappa shape index (κ3) is 4.12. The molecule has 0 spiro atoms. The van der Waals surface area contributed by atoms with Gasteiger partial charge in [0, 0.05) is 13.1 Å². The summed E-state index contributed by atoms with van der Waals surface area (Å²) in [6.45, 7) is 2.89. The fourth-order valence-corrected chi connectivity index (χ4v) is 4.64. The maximum atomic E-state index is 13.3. The summed E-state index contributed by atoms with van der Waals surface area (Å²) in [6.07, 6.45) is 2.68. The Morgan fingerprint density at radius 1 is 1.35 bits per heavy atom. The number of fused-ring (bicyclic) bond motifs is 4. The van der Waals surface area contributed by atoms with E-state index in [-0.39, 0.29) is 6.04 Å². The van der Waals surface area contributed by atoms with E-state index < -0.39 is 30.2 Å². The highest BCUT2D eigenvalue weighted by Gasteiger charge is 2.43. The van der Waals surface area contributed by atoms with Gasteiger partial charge in [0.15, 0.2) is 0 Å². The minimum absolute atomic E-state index is 0.142. The van der Waals surface area contributed by atoms with Gasteiger partial charge in [-0.25, -0.2) is 9.78 Å². The highest BCUT2D eigenvalue weighted by molar-refractivity contribution is 5.91. The minimum atomic E-state index is -4.55. The number of ether oxygens (including phenoxy) is 1. The molecule has 1 aromatic rings. The maximum Gasteiger partial charge on any atom is 0.408 e. The van der Waals surface area contributed by atoms with Crippen LogP contribution in [0.2, 0.25) is 0 Å². The Morgan fingerprint density at radius 2 is 2.18 bits per heavy atom. The molecule has 4 aliphatic heterocycles. The molecule has 0 saturated carbocycles. The number of alkyl halides is 3. The summed E-state index contributed by atoms with van der Waals surface area (Å²) in [6, 6.07) is -1.81. The van der Waals surface area contributed by atoms with Gasteiger partial charge in [-0.2, -0.15) is 13.2 Å². The van der Waals surface area contributed by atoms with Crippen molar-refractivity contribution in [1.82, 2.24) is 25.4 Å². The smallest absolute Gasteiger partial charge is 0.408 e. The van der Waals surface area contributed by atoms with Crippen molar-refractivity contribution in [3.63, 3.8) is 0 Å². The number of nitrogens with one attached hydrogen (secondary N) is 3. The van der Waals surface area contributed by atoms with Crippen LogP contribution in [0.3, 0.4) is 0 Å². The van der Waals surface area contributed by atoms with E-state index in [9.17, 15) is 22.8 Å². The van der Waals surface area contributed by atoms with Crippen molar-refractivity contribution >= 4 is 17.8 Å². The number of aromatic nitrogens is 1. The van der Waals surface area contributed by atoms with Gasteiger partial charge in [0.05, 0.1) is 24.5 Å². The van der Waals surface area contributed by atoms with Gasteiger partial charge in [0.1, 0.15) is 29.5 Å². The third-order valence-electron chi connectivity index (χ3n) is 6.47. The first kappa shape index (κ1) is 22.4. The molecule has 34 heavy (non-hydrogen) atoms. The van der Waals surface area contributed by atoms with Crippen LogP contribution in [-0.2, 0) is 11.2 Å². The number of halogens is 3. The first-order chi connectivity index (χ1) is 16.2. The van der Waals surface area contributed by atoms with Crippen LogP contribution in [0.25, 0.3) is 0 Å². The molecule has 182 valence electrons. The number of pyridine rings is 1. The van der Waals surface area contributed by atoms with Gasteiger partial charge in [0.2, 0.25) is 5.91 Å². The lowest BCUT2D eigenvalue weighted by molar-refractivity contribution is -0.158. The van der Waals surface area contributed by atoms with E-state index in [1.165, 1.54) is 6.08 Å². The van der Waals surface area contributed by atoms with E-state index >= 15 is 0 Å². The molecule has 1 saturated heterocycles. The molecule has 1 fully saturated rings. The van der Waals surface area contributed by atoms with Crippen molar-refractivity contribution in [3.05, 3.63) is 41.5 Å². The van der Waals surface area contributed by atoms with Crippen LogP contribution in [0, 0.1) is 0 Å². The van der Waals surface area contributed by atoms with Gasteiger partial charge >= 0.3 is 12.2 Å². The lowest BCUT2D eigenvalue weighted by Crippen LogP contribution is -2.57. The Balaban J connectivity index is 1.34. The first-order valence-corrected chi connectivity index (χ1v) is 11.2. The molecule has 3 amide bonds. The molecular formula is C22H25F3N6O3. The van der Waals surface area contributed by atoms with Gasteiger partial charge in [0.25, 0.3) is 0 Å². The van der Waals surface area contributed by atoms with Gasteiger partial charge in [-0.1, -0.05) is 6.08 Å². The number of aryl methyl sites for hydroxylation is 1. The first-order valence-electron chi connectivity index (χ1n) is 11.2. The van der Waals surface area contributed by atoms with E-state index in [1.807, 2.05) is 5.32 Å². The summed E-state index contributed by atoms with van der Waals surface area (Å²) < 4.78 is 44.2. The molecule has 5 rings (SSSR count). The van der Waals surface area contributed by atoms with Crippen LogP contribution in [0.1, 0.15) is 25.3 Å². The molecule has 9 nitrogen and oxygen atoms in total. The molecule has 1 unspecified atom stereocenters. The predicted octanol–water partition coefficient (Wildman–Crippen LogP) is 2.09. The van der Waals surface area contributed by atoms with Crippen LogP contribution in [0.5, 0.6) is 5.75 Å². The number of nitrogens with zero attached hydrogens (tertiary/aromatic N) is 3. The Morgan fingerprint density at radius 3 is 2.97 bits per heavy atom. The number of hydrogen-bond donors (Lipinski definition) is 3. The van der Waals surface area contributed by atoms with E-state index in [0.29, 0.717) is 30.5 Å². The molecule has 0 radical (unpaired) electrons. The van der Waals surface area contributed by atoms with Crippen molar-refractivity contribution in [2.24, 2.45) is 0 Å². The summed E-state index contributed by atoms with van der Waals surface area (Å²) in [7, 11) is 0. The van der Waals surface area contributed by atoms with E-state index in [4.69, 9.17) is 4.74 Å². The van der Waals surface area contributed by atoms with Gasteiger partial charge in [-0.15, -0.1) is 0 Å². The van der Waals surface area contributed by atoms with Crippen molar-refractivity contribution < 1.29 is 27.5 Å². The molecule has 1 aromatic heterocycles. The average molecular weight is 478 g/mol. The lowest BCUT2D eigenvalue weighted by atomic mass is 10.1. The zero-order valence-electron chi connectivity index (χ0n) is 18.5. The van der Waals surface area contributed by atoms with Crippen molar-refractivity contribution in [3.8, 4) is 5.75 Å². The zero-order valence-corrected chi connectivity index (χ0v) is 18.5. The molecular weight excluding hydrogens is 453 g/mol. The predicted molar refractivity (Wildman–Crippen MR) is 116 cm³/mol. The highest BCUT2D eigenvalue weighted by Crippen LogP contribution is 2.34. The van der Waals surface area contributed by atoms with Crippen LogP contribution in [0.4, 0.5) is 23.8 Å². The van der Waals surface area contributed by atoms with Gasteiger partial charge < -0.3 is 20.3 Å². The van der Waals surface area contributed by atoms with Gasteiger partial charge in [-0.3, -0.25) is 15.0 Å². The monoisotopic (exact) mass is 478 g/mol. The second-order valence-electron chi connectivity index (χ2n) is 8.80. The quantitative estimate of drug-likeness (QED) is 0.616. The Labute approximate surface area is 194 Å². The Kier molecular flexibility index (Phi) is 5.53. The molecule has 2 bridgehead atoms. The average Bonchev–Trinajstić information content (AvgIpc) is 3.22. The highest BCUT2D eigenvalue weighted by atomic mass is 19.4. The van der Waals surface area contributed by atoms with Crippen LogP contribution in [-0.4, -0.2) is 70.7 Å². The number of dihydropyridines is 1. The van der Waals surface area contributed by atoms with Crippen molar-refractivity contribution in [2.75, 3.05) is 25.0 Å². The molecule has 4 aliphatic rings. The minimum Gasteiger partial charge on any atom is -0.492 e. The SMILES string of the molecule is C[C@@H](NC(=O)C1C=CC2=C(N1)N(C(=O)Nc1cc3c(cn1)OCCC3)[C@H]1CCN2C1)C(F)(F)F. The second-order valence-corrected chi connectivity index (χ2v) is 8.80. The third-order valence-corrected chi connectivity index (χ3v) is 6.47. The molecule has 0 aliphatic carbocycles. The summed E-state index contributed by atoms with van der Waals surface area (Å²) in [5.41, 5.74) is 1.69. The summed E-state index contributed by atoms with van der Waals surface area (Å²) >= 11 is 0.